The Morgan fingerprint density at radius 1 is 0.913 bits per heavy atom. The molecule has 0 aliphatic heterocycles. The molecular formula is C18H33NO4. The van der Waals surface area contributed by atoms with E-state index in [2.05, 4.69) is 6.92 Å². The molecule has 134 valence electrons. The number of hydrogen-bond donors (Lipinski definition) is 1. The maximum Gasteiger partial charge on any atom is 0.303 e. The third-order valence-corrected chi connectivity index (χ3v) is 4.00. The predicted molar refractivity (Wildman–Crippen MR) is 93.0 cm³/mol. The van der Waals surface area contributed by atoms with Crippen molar-refractivity contribution in [2.45, 2.75) is 96.8 Å². The molecule has 0 spiro atoms. The van der Waals surface area contributed by atoms with Crippen LogP contribution in [0.15, 0.2) is 11.8 Å². The largest absolute Gasteiger partial charge is 0.481 e. The molecule has 0 unspecified atom stereocenters. The van der Waals surface area contributed by atoms with Gasteiger partial charge in [0, 0.05) is 12.8 Å². The van der Waals surface area contributed by atoms with Crippen molar-refractivity contribution in [3.63, 3.8) is 0 Å². The first-order valence-corrected chi connectivity index (χ1v) is 9.13. The van der Waals surface area contributed by atoms with Crippen LogP contribution < -0.4 is 0 Å². The van der Waals surface area contributed by atoms with Crippen LogP contribution >= 0.6 is 0 Å². The normalized spacial score (nSPS) is 11.6. The summed E-state index contributed by atoms with van der Waals surface area (Å²) in [7, 11) is 0. The molecule has 0 fully saturated rings. The van der Waals surface area contributed by atoms with E-state index in [9.17, 15) is 14.9 Å². The lowest BCUT2D eigenvalue weighted by Gasteiger charge is -2.02. The lowest BCUT2D eigenvalue weighted by molar-refractivity contribution is -0.428. The van der Waals surface area contributed by atoms with Crippen LogP contribution in [0.3, 0.4) is 0 Å². The van der Waals surface area contributed by atoms with Crippen molar-refractivity contribution >= 4 is 5.97 Å². The minimum atomic E-state index is -0.851. The van der Waals surface area contributed by atoms with Crippen molar-refractivity contribution in [2.75, 3.05) is 0 Å². The van der Waals surface area contributed by atoms with Crippen LogP contribution in [0.2, 0.25) is 0 Å². The number of unbranched alkanes of at least 4 members (excludes halogenated alkanes) is 10. The van der Waals surface area contributed by atoms with Crippen LogP contribution in [0.4, 0.5) is 0 Å². The smallest absolute Gasteiger partial charge is 0.303 e. The zero-order valence-electron chi connectivity index (χ0n) is 14.6. The van der Waals surface area contributed by atoms with Gasteiger partial charge in [0.2, 0.25) is 5.70 Å². The Hall–Kier alpha value is -1.39. The number of nitrogens with zero attached hydrogens (tertiary/aromatic N) is 1. The van der Waals surface area contributed by atoms with Crippen LogP contribution in [-0.2, 0) is 4.79 Å². The highest BCUT2D eigenvalue weighted by Crippen LogP contribution is 2.15. The average Bonchev–Trinajstić information content (AvgIpc) is 2.50. The molecule has 23 heavy (non-hydrogen) atoms. The lowest BCUT2D eigenvalue weighted by Crippen LogP contribution is -1.99. The van der Waals surface area contributed by atoms with E-state index in [1.165, 1.54) is 44.9 Å². The summed E-state index contributed by atoms with van der Waals surface area (Å²) in [5.74, 6) is -0.851. The van der Waals surface area contributed by atoms with Gasteiger partial charge in [-0.3, -0.25) is 14.9 Å². The summed E-state index contributed by atoms with van der Waals surface area (Å²) in [5.41, 5.74) is 0.245. The van der Waals surface area contributed by atoms with E-state index in [0.29, 0.717) is 19.3 Å². The van der Waals surface area contributed by atoms with Gasteiger partial charge >= 0.3 is 5.97 Å². The van der Waals surface area contributed by atoms with E-state index in [4.69, 9.17) is 5.11 Å². The molecule has 0 saturated carbocycles. The van der Waals surface area contributed by atoms with Gasteiger partial charge in [-0.05, 0) is 25.3 Å². The molecule has 0 aromatic rings. The molecule has 0 heterocycles. The molecule has 0 aliphatic carbocycles. The summed E-state index contributed by atoms with van der Waals surface area (Å²) in [4.78, 5) is 21.0. The maximum atomic E-state index is 10.9. The van der Waals surface area contributed by atoms with Crippen molar-refractivity contribution < 1.29 is 14.8 Å². The van der Waals surface area contributed by atoms with Gasteiger partial charge < -0.3 is 5.11 Å². The van der Waals surface area contributed by atoms with Crippen LogP contribution in [0.25, 0.3) is 0 Å². The zero-order valence-corrected chi connectivity index (χ0v) is 14.6. The third kappa shape index (κ3) is 15.3. The van der Waals surface area contributed by atoms with Gasteiger partial charge in [0.05, 0.1) is 4.92 Å². The Morgan fingerprint density at radius 2 is 1.43 bits per heavy atom. The number of carbonyl (C=O) groups is 1. The number of carboxylic acids is 1. The second-order valence-electron chi connectivity index (χ2n) is 6.17. The van der Waals surface area contributed by atoms with E-state index in [1.807, 2.05) is 0 Å². The topological polar surface area (TPSA) is 80.4 Å². The molecule has 0 aliphatic rings. The average molecular weight is 327 g/mol. The van der Waals surface area contributed by atoms with Gasteiger partial charge in [0.1, 0.15) is 0 Å². The van der Waals surface area contributed by atoms with Crippen molar-refractivity contribution in [3.8, 4) is 0 Å². The minimum Gasteiger partial charge on any atom is -0.481 e. The fourth-order valence-electron chi connectivity index (χ4n) is 2.58. The van der Waals surface area contributed by atoms with Crippen LogP contribution in [0, 0.1) is 10.1 Å². The molecule has 0 aromatic heterocycles. The fourth-order valence-corrected chi connectivity index (χ4v) is 2.58. The Morgan fingerprint density at radius 3 is 1.91 bits per heavy atom. The van der Waals surface area contributed by atoms with E-state index in [1.54, 1.807) is 6.08 Å². The Balaban J connectivity index is 3.63. The Kier molecular flexibility index (Phi) is 14.6. The SMILES string of the molecule is CCCCCCCCCCCC/C(=C\CCCC(=O)O)[N+](=O)[O-]. The molecule has 5 nitrogen and oxygen atoms in total. The number of allylic oxidation sites excluding steroid dienone is 2. The summed E-state index contributed by atoms with van der Waals surface area (Å²) in [6.07, 6.45) is 15.2. The predicted octanol–water partition coefficient (Wildman–Crippen LogP) is 5.71. The van der Waals surface area contributed by atoms with Gasteiger partial charge in [-0.15, -0.1) is 0 Å². The number of nitro groups is 1. The summed E-state index contributed by atoms with van der Waals surface area (Å²) in [5, 5.41) is 19.5. The van der Waals surface area contributed by atoms with Crippen molar-refractivity contribution in [2.24, 2.45) is 0 Å². The van der Waals surface area contributed by atoms with E-state index in [-0.39, 0.29) is 17.0 Å². The monoisotopic (exact) mass is 327 g/mol. The summed E-state index contributed by atoms with van der Waals surface area (Å²) in [6.45, 7) is 2.22. The molecule has 1 N–H and O–H groups in total. The number of hydrogen-bond acceptors (Lipinski definition) is 3. The molecule has 0 atom stereocenters. The first-order valence-electron chi connectivity index (χ1n) is 9.13. The van der Waals surface area contributed by atoms with Crippen LogP contribution in [0.5, 0.6) is 0 Å². The number of aliphatic carboxylic acids is 1. The fraction of sp³-hybridized carbons (Fsp3) is 0.833. The standard InChI is InChI=1S/C18H33NO4/c1-2-3-4-5-6-7-8-9-10-11-14-17(19(22)23)15-12-13-16-18(20)21/h15H,2-14,16H2,1H3,(H,20,21)/b17-15+. The quantitative estimate of drug-likeness (QED) is 0.223. The van der Waals surface area contributed by atoms with E-state index < -0.39 is 5.97 Å². The molecule has 0 amide bonds. The summed E-state index contributed by atoms with van der Waals surface area (Å²) < 4.78 is 0. The second-order valence-corrected chi connectivity index (χ2v) is 6.17. The first kappa shape index (κ1) is 21.6. The van der Waals surface area contributed by atoms with Gasteiger partial charge in [-0.2, -0.15) is 0 Å². The van der Waals surface area contributed by atoms with E-state index >= 15 is 0 Å². The summed E-state index contributed by atoms with van der Waals surface area (Å²) in [6, 6.07) is 0. The lowest BCUT2D eigenvalue weighted by atomic mass is 10.0. The van der Waals surface area contributed by atoms with Crippen LogP contribution in [0.1, 0.15) is 96.8 Å². The highest BCUT2D eigenvalue weighted by molar-refractivity contribution is 5.66. The van der Waals surface area contributed by atoms with Gasteiger partial charge in [-0.1, -0.05) is 64.7 Å². The summed E-state index contributed by atoms with van der Waals surface area (Å²) >= 11 is 0. The first-order chi connectivity index (χ1) is 11.1. The number of rotatable bonds is 16. The van der Waals surface area contributed by atoms with Crippen LogP contribution in [-0.4, -0.2) is 16.0 Å². The zero-order chi connectivity index (χ0) is 17.3. The van der Waals surface area contributed by atoms with Crippen molar-refractivity contribution in [1.82, 2.24) is 0 Å². The minimum absolute atomic E-state index is 0.0692. The maximum absolute atomic E-state index is 10.9. The molecule has 5 heteroatoms. The molecule has 0 bridgehead atoms. The number of carboxylic acid groups (broad SMARTS) is 1. The Bertz CT molecular complexity index is 353. The van der Waals surface area contributed by atoms with E-state index in [0.717, 1.165) is 19.3 Å². The van der Waals surface area contributed by atoms with Crippen molar-refractivity contribution in [3.05, 3.63) is 21.9 Å². The molecular weight excluding hydrogens is 294 g/mol. The van der Waals surface area contributed by atoms with Crippen molar-refractivity contribution in [1.29, 1.82) is 0 Å². The Labute approximate surface area is 140 Å². The van der Waals surface area contributed by atoms with Gasteiger partial charge in [-0.25, -0.2) is 0 Å². The second kappa shape index (κ2) is 15.5. The molecule has 0 saturated heterocycles. The van der Waals surface area contributed by atoms with Gasteiger partial charge in [0.15, 0.2) is 0 Å². The highest BCUT2D eigenvalue weighted by Gasteiger charge is 2.09. The highest BCUT2D eigenvalue weighted by atomic mass is 16.6. The van der Waals surface area contributed by atoms with Gasteiger partial charge in [0.25, 0.3) is 0 Å². The molecule has 0 radical (unpaired) electrons. The third-order valence-electron chi connectivity index (χ3n) is 4.00. The molecule has 0 aromatic carbocycles. The molecule has 0 rings (SSSR count).